The highest BCUT2D eigenvalue weighted by Crippen LogP contribution is 2.37. The van der Waals surface area contributed by atoms with Gasteiger partial charge in [-0.2, -0.15) is 8.78 Å². The minimum atomic E-state index is -2.81. The molecule has 1 aromatic rings. The van der Waals surface area contributed by atoms with Gasteiger partial charge in [0.15, 0.2) is 0 Å². The van der Waals surface area contributed by atoms with Gasteiger partial charge < -0.3 is 10.1 Å². The van der Waals surface area contributed by atoms with E-state index in [-0.39, 0.29) is 5.56 Å². The lowest BCUT2D eigenvalue weighted by Gasteiger charge is -2.24. The zero-order valence-electron chi connectivity index (χ0n) is 10.8. The van der Waals surface area contributed by atoms with Crippen LogP contribution < -0.4 is 10.1 Å². The second-order valence-electron chi connectivity index (χ2n) is 4.65. The summed E-state index contributed by atoms with van der Waals surface area (Å²) in [6, 6.07) is 3.93. The maximum Gasteiger partial charge on any atom is 0.288 e. The van der Waals surface area contributed by atoms with E-state index in [1.165, 1.54) is 6.07 Å². The van der Waals surface area contributed by atoms with Gasteiger partial charge in [0.05, 0.1) is 13.2 Å². The molecule has 1 fully saturated rings. The van der Waals surface area contributed by atoms with E-state index in [1.54, 1.807) is 19.2 Å². The molecule has 1 atom stereocenters. The van der Waals surface area contributed by atoms with Crippen LogP contribution in [0.5, 0.6) is 5.75 Å². The van der Waals surface area contributed by atoms with Crippen LogP contribution in [0.4, 0.5) is 8.78 Å². The average molecular weight is 255 g/mol. The number of aryl methyl sites for hydroxylation is 1. The Morgan fingerprint density at radius 2 is 2.22 bits per heavy atom. The third-order valence-corrected chi connectivity index (χ3v) is 3.54. The predicted molar refractivity (Wildman–Crippen MR) is 67.3 cm³/mol. The first-order valence-electron chi connectivity index (χ1n) is 6.38. The van der Waals surface area contributed by atoms with Gasteiger partial charge in [-0.1, -0.05) is 6.92 Å². The quantitative estimate of drug-likeness (QED) is 0.892. The maximum absolute atomic E-state index is 14.3. The minimum absolute atomic E-state index is 0.0829. The van der Waals surface area contributed by atoms with E-state index in [9.17, 15) is 8.78 Å². The Balaban J connectivity index is 2.31. The molecule has 18 heavy (non-hydrogen) atoms. The molecule has 0 bridgehead atoms. The highest BCUT2D eigenvalue weighted by atomic mass is 19.3. The van der Waals surface area contributed by atoms with Crippen molar-refractivity contribution in [3.8, 4) is 5.75 Å². The first-order valence-corrected chi connectivity index (χ1v) is 6.38. The van der Waals surface area contributed by atoms with Gasteiger partial charge in [-0.05, 0) is 49.6 Å². The standard InChI is InChI=1S/C14H19F2NO/c1-3-10-9-11(6-7-12(10)18-2)14(15,16)13-5-4-8-17-13/h6-7,9,13,17H,3-5,8H2,1-2H3. The second-order valence-corrected chi connectivity index (χ2v) is 4.65. The summed E-state index contributed by atoms with van der Waals surface area (Å²) in [7, 11) is 1.56. The molecule has 0 amide bonds. The molecule has 2 nitrogen and oxygen atoms in total. The van der Waals surface area contributed by atoms with Crippen LogP contribution in [0.2, 0.25) is 0 Å². The highest BCUT2D eigenvalue weighted by Gasteiger charge is 2.42. The molecule has 1 unspecified atom stereocenters. The lowest BCUT2D eigenvalue weighted by molar-refractivity contribution is -0.0377. The van der Waals surface area contributed by atoms with E-state index >= 15 is 0 Å². The summed E-state index contributed by atoms with van der Waals surface area (Å²) in [5.41, 5.74) is 0.909. The van der Waals surface area contributed by atoms with Crippen LogP contribution in [0.25, 0.3) is 0 Å². The Kier molecular flexibility index (Phi) is 3.85. The molecule has 1 aliphatic rings. The first kappa shape index (κ1) is 13.3. The lowest BCUT2D eigenvalue weighted by Crippen LogP contribution is -2.38. The molecule has 0 aliphatic carbocycles. The summed E-state index contributed by atoms with van der Waals surface area (Å²) in [6.07, 6.45) is 2.03. The second kappa shape index (κ2) is 5.22. The van der Waals surface area contributed by atoms with E-state index < -0.39 is 12.0 Å². The average Bonchev–Trinajstić information content (AvgIpc) is 2.92. The summed E-state index contributed by atoms with van der Waals surface area (Å²) >= 11 is 0. The lowest BCUT2D eigenvalue weighted by atomic mass is 9.97. The number of alkyl halides is 2. The number of halogens is 2. The van der Waals surface area contributed by atoms with Gasteiger partial charge in [-0.15, -0.1) is 0 Å². The number of hydrogen-bond acceptors (Lipinski definition) is 2. The van der Waals surface area contributed by atoms with Crippen molar-refractivity contribution < 1.29 is 13.5 Å². The number of nitrogens with one attached hydrogen (secondary N) is 1. The summed E-state index contributed by atoms with van der Waals surface area (Å²) in [5, 5.41) is 2.88. The largest absolute Gasteiger partial charge is 0.496 e. The van der Waals surface area contributed by atoms with Crippen molar-refractivity contribution in [3.63, 3.8) is 0 Å². The Morgan fingerprint density at radius 1 is 1.44 bits per heavy atom. The number of benzene rings is 1. The number of rotatable bonds is 4. The molecular formula is C14H19F2NO. The van der Waals surface area contributed by atoms with E-state index in [0.717, 1.165) is 12.0 Å². The zero-order chi connectivity index (χ0) is 13.2. The summed E-state index contributed by atoms with van der Waals surface area (Å²) in [5.74, 6) is -2.14. The molecular weight excluding hydrogens is 236 g/mol. The van der Waals surface area contributed by atoms with Crippen LogP contribution in [0, 0.1) is 0 Å². The van der Waals surface area contributed by atoms with Gasteiger partial charge in [0.2, 0.25) is 0 Å². The Bertz CT molecular complexity index is 414. The first-order chi connectivity index (χ1) is 8.59. The highest BCUT2D eigenvalue weighted by molar-refractivity contribution is 5.39. The molecule has 1 aliphatic heterocycles. The van der Waals surface area contributed by atoms with E-state index in [2.05, 4.69) is 5.32 Å². The van der Waals surface area contributed by atoms with Crippen LogP contribution in [0.1, 0.15) is 30.9 Å². The SMILES string of the molecule is CCc1cc(C(F)(F)C2CCCN2)ccc1OC. The van der Waals surface area contributed by atoms with Crippen molar-refractivity contribution in [1.29, 1.82) is 0 Å². The van der Waals surface area contributed by atoms with Gasteiger partial charge in [0.25, 0.3) is 5.92 Å². The fraction of sp³-hybridized carbons (Fsp3) is 0.571. The topological polar surface area (TPSA) is 21.3 Å². The van der Waals surface area contributed by atoms with E-state index in [4.69, 9.17) is 4.74 Å². The van der Waals surface area contributed by atoms with Crippen LogP contribution in [0.3, 0.4) is 0 Å². The third kappa shape index (κ3) is 2.34. The summed E-state index contributed by atoms with van der Waals surface area (Å²) < 4.78 is 33.8. The Morgan fingerprint density at radius 3 is 2.78 bits per heavy atom. The molecule has 1 aromatic carbocycles. The molecule has 4 heteroatoms. The molecule has 0 aromatic heterocycles. The summed E-state index contributed by atoms with van der Waals surface area (Å²) in [4.78, 5) is 0. The van der Waals surface area contributed by atoms with Gasteiger partial charge in [0, 0.05) is 5.56 Å². The monoisotopic (exact) mass is 255 g/mol. The van der Waals surface area contributed by atoms with Crippen molar-refractivity contribution in [2.45, 2.75) is 38.2 Å². The van der Waals surface area contributed by atoms with Crippen molar-refractivity contribution in [2.75, 3.05) is 13.7 Å². The molecule has 100 valence electrons. The van der Waals surface area contributed by atoms with Gasteiger partial charge in [-0.3, -0.25) is 0 Å². The smallest absolute Gasteiger partial charge is 0.288 e. The molecule has 2 rings (SSSR count). The van der Waals surface area contributed by atoms with Crippen molar-refractivity contribution in [1.82, 2.24) is 5.32 Å². The van der Waals surface area contributed by atoms with Crippen LogP contribution in [-0.4, -0.2) is 19.7 Å². The number of ether oxygens (including phenoxy) is 1. The van der Waals surface area contributed by atoms with Crippen LogP contribution >= 0.6 is 0 Å². The Hall–Kier alpha value is -1.16. The minimum Gasteiger partial charge on any atom is -0.496 e. The predicted octanol–water partition coefficient (Wildman–Crippen LogP) is 3.10. The maximum atomic E-state index is 14.3. The van der Waals surface area contributed by atoms with Crippen molar-refractivity contribution in [3.05, 3.63) is 29.3 Å². The molecule has 1 saturated heterocycles. The fourth-order valence-electron chi connectivity index (χ4n) is 2.46. The molecule has 1 heterocycles. The summed E-state index contributed by atoms with van der Waals surface area (Å²) in [6.45, 7) is 2.62. The van der Waals surface area contributed by atoms with Gasteiger partial charge >= 0.3 is 0 Å². The van der Waals surface area contributed by atoms with Crippen molar-refractivity contribution in [2.24, 2.45) is 0 Å². The van der Waals surface area contributed by atoms with Crippen LogP contribution in [-0.2, 0) is 12.3 Å². The van der Waals surface area contributed by atoms with Gasteiger partial charge in [-0.25, -0.2) is 0 Å². The molecule has 1 N–H and O–H groups in total. The van der Waals surface area contributed by atoms with Crippen LogP contribution in [0.15, 0.2) is 18.2 Å². The number of hydrogen-bond donors (Lipinski definition) is 1. The fourth-order valence-corrected chi connectivity index (χ4v) is 2.46. The van der Waals surface area contributed by atoms with E-state index in [0.29, 0.717) is 25.1 Å². The molecule has 0 spiro atoms. The molecule has 0 radical (unpaired) electrons. The molecule has 0 saturated carbocycles. The zero-order valence-corrected chi connectivity index (χ0v) is 10.8. The Labute approximate surface area is 106 Å². The van der Waals surface area contributed by atoms with Gasteiger partial charge in [0.1, 0.15) is 5.75 Å². The third-order valence-electron chi connectivity index (χ3n) is 3.54. The van der Waals surface area contributed by atoms with E-state index in [1.807, 2.05) is 6.92 Å². The van der Waals surface area contributed by atoms with Crippen molar-refractivity contribution >= 4 is 0 Å². The number of methoxy groups -OCH3 is 1. The normalized spacial score (nSPS) is 20.1.